The number of imide groups is 1. The van der Waals surface area contributed by atoms with Crippen LogP contribution in [0.5, 0.6) is 0 Å². The molecule has 0 spiro atoms. The van der Waals surface area contributed by atoms with Gasteiger partial charge in [0, 0.05) is 39.3 Å². The number of aliphatic imine (C=N–C) groups is 1. The van der Waals surface area contributed by atoms with Crippen LogP contribution in [0.25, 0.3) is 5.65 Å². The molecule has 5 rings (SSSR count). The van der Waals surface area contributed by atoms with Crippen LogP contribution in [0.15, 0.2) is 41.5 Å². The van der Waals surface area contributed by atoms with E-state index in [0.717, 1.165) is 17.9 Å². The molecule has 4 unspecified atom stereocenters. The highest BCUT2D eigenvalue weighted by Gasteiger charge is 2.58. The van der Waals surface area contributed by atoms with Crippen LogP contribution in [0.1, 0.15) is 12.2 Å². The molecule has 1 saturated carbocycles. The zero-order valence-corrected chi connectivity index (χ0v) is 16.9. The van der Waals surface area contributed by atoms with Gasteiger partial charge in [-0.25, -0.2) is 0 Å². The van der Waals surface area contributed by atoms with E-state index in [4.69, 9.17) is 0 Å². The quantitative estimate of drug-likeness (QED) is 0.308. The summed E-state index contributed by atoms with van der Waals surface area (Å²) in [5.41, 5.74) is 0.823. The van der Waals surface area contributed by atoms with Gasteiger partial charge in [0.15, 0.2) is 11.6 Å². The first-order valence-electron chi connectivity index (χ1n) is 10.4. The van der Waals surface area contributed by atoms with Gasteiger partial charge >= 0.3 is 0 Å². The lowest BCUT2D eigenvalue weighted by Crippen LogP contribution is -2.44. The summed E-state index contributed by atoms with van der Waals surface area (Å²) in [6.07, 6.45) is 7.82. The normalized spacial score (nSPS) is 27.4. The van der Waals surface area contributed by atoms with E-state index in [9.17, 15) is 9.59 Å². The molecule has 1 saturated heterocycles. The smallest absolute Gasteiger partial charge is 0.233 e. The number of hydrogen-bond acceptors (Lipinski definition) is 5. The Morgan fingerprint density at radius 1 is 1.10 bits per heavy atom. The Balaban J connectivity index is 1.10. The average molecular weight is 407 g/mol. The van der Waals surface area contributed by atoms with E-state index in [2.05, 4.69) is 38.0 Å². The van der Waals surface area contributed by atoms with Crippen molar-refractivity contribution in [3.63, 3.8) is 0 Å². The summed E-state index contributed by atoms with van der Waals surface area (Å²) in [7, 11) is 1.70. The summed E-state index contributed by atoms with van der Waals surface area (Å²) < 4.78 is 1.96. The van der Waals surface area contributed by atoms with Crippen LogP contribution < -0.4 is 10.6 Å². The number of allylic oxidation sites excluding steroid dienone is 2. The van der Waals surface area contributed by atoms with Gasteiger partial charge in [0.2, 0.25) is 11.8 Å². The molecule has 9 heteroatoms. The number of pyridine rings is 1. The fraction of sp³-hybridized carbons (Fsp3) is 0.476. The largest absolute Gasteiger partial charge is 0.356 e. The Morgan fingerprint density at radius 2 is 1.83 bits per heavy atom. The Kier molecular flexibility index (Phi) is 4.72. The third-order valence-corrected chi connectivity index (χ3v) is 6.44. The van der Waals surface area contributed by atoms with Crippen LogP contribution in [-0.2, 0) is 16.0 Å². The summed E-state index contributed by atoms with van der Waals surface area (Å²) >= 11 is 0. The molecule has 0 aromatic carbocycles. The van der Waals surface area contributed by atoms with Crippen molar-refractivity contribution >= 4 is 23.4 Å². The van der Waals surface area contributed by atoms with Crippen molar-refractivity contribution in [2.24, 2.45) is 28.7 Å². The van der Waals surface area contributed by atoms with Crippen molar-refractivity contribution in [2.75, 3.05) is 26.7 Å². The van der Waals surface area contributed by atoms with Crippen LogP contribution in [-0.4, -0.2) is 64.0 Å². The number of carbonyl (C=O) groups excluding carboxylic acids is 2. The first-order chi connectivity index (χ1) is 14.7. The van der Waals surface area contributed by atoms with Gasteiger partial charge in [0.25, 0.3) is 0 Å². The van der Waals surface area contributed by atoms with Crippen LogP contribution in [0.3, 0.4) is 0 Å². The van der Waals surface area contributed by atoms with E-state index in [1.165, 1.54) is 4.90 Å². The molecule has 4 atom stereocenters. The lowest BCUT2D eigenvalue weighted by molar-refractivity contribution is -0.140. The fourth-order valence-electron chi connectivity index (χ4n) is 5.05. The molecule has 1 aliphatic heterocycles. The molecular weight excluding hydrogens is 382 g/mol. The zero-order chi connectivity index (χ0) is 20.7. The Bertz CT molecular complexity index is 1010. The molecule has 2 aromatic rings. The van der Waals surface area contributed by atoms with E-state index in [0.29, 0.717) is 32.0 Å². The number of nitrogens with one attached hydrogen (secondary N) is 2. The SMILES string of the molecule is CN=C(NCCc1nnc2ccccn12)NCCN1C(=O)C2C3C=CC(C3)C2C1=O. The first-order valence-corrected chi connectivity index (χ1v) is 10.4. The highest BCUT2D eigenvalue weighted by atomic mass is 16.2. The monoisotopic (exact) mass is 407 g/mol. The Hall–Kier alpha value is -3.23. The third-order valence-electron chi connectivity index (χ3n) is 6.44. The molecule has 9 nitrogen and oxygen atoms in total. The Labute approximate surface area is 174 Å². The molecule has 30 heavy (non-hydrogen) atoms. The molecular formula is C21H25N7O2. The molecule has 3 heterocycles. The van der Waals surface area contributed by atoms with Gasteiger partial charge in [-0.1, -0.05) is 18.2 Å². The molecule has 2 aliphatic carbocycles. The maximum atomic E-state index is 12.7. The molecule has 0 radical (unpaired) electrons. The highest BCUT2D eigenvalue weighted by molar-refractivity contribution is 6.06. The summed E-state index contributed by atoms with van der Waals surface area (Å²) in [5, 5.41) is 14.8. The number of likely N-dealkylation sites (tertiary alicyclic amines) is 1. The third kappa shape index (κ3) is 3.05. The van der Waals surface area contributed by atoms with E-state index in [-0.39, 0.29) is 35.5 Å². The number of amides is 2. The molecule has 2 fully saturated rings. The minimum absolute atomic E-state index is 0.00900. The van der Waals surface area contributed by atoms with Crippen LogP contribution >= 0.6 is 0 Å². The van der Waals surface area contributed by atoms with Gasteiger partial charge < -0.3 is 10.6 Å². The van der Waals surface area contributed by atoms with Crippen molar-refractivity contribution < 1.29 is 9.59 Å². The highest BCUT2D eigenvalue weighted by Crippen LogP contribution is 2.52. The predicted molar refractivity (Wildman–Crippen MR) is 110 cm³/mol. The number of carbonyl (C=O) groups is 2. The lowest BCUT2D eigenvalue weighted by Gasteiger charge is -2.18. The van der Waals surface area contributed by atoms with Gasteiger partial charge in [-0.2, -0.15) is 0 Å². The number of fused-ring (bicyclic) bond motifs is 6. The van der Waals surface area contributed by atoms with Gasteiger partial charge in [0.05, 0.1) is 11.8 Å². The fourth-order valence-corrected chi connectivity index (χ4v) is 5.05. The molecule has 3 aliphatic rings. The van der Waals surface area contributed by atoms with E-state index >= 15 is 0 Å². The van der Waals surface area contributed by atoms with Crippen molar-refractivity contribution in [3.8, 4) is 0 Å². The molecule has 156 valence electrons. The summed E-state index contributed by atoms with van der Waals surface area (Å²) in [6, 6.07) is 5.80. The maximum Gasteiger partial charge on any atom is 0.233 e. The van der Waals surface area contributed by atoms with Gasteiger partial charge in [0.1, 0.15) is 5.82 Å². The summed E-state index contributed by atoms with van der Waals surface area (Å²) in [5.74, 6) is 1.71. The average Bonchev–Trinajstić information content (AvgIpc) is 3.52. The predicted octanol–water partition coefficient (Wildman–Crippen LogP) is 0.244. The topological polar surface area (TPSA) is 104 Å². The standard InChI is InChI=1S/C21H25N7O2/c1-22-21(23-8-7-16-26-25-15-4-2-3-10-27(15)16)24-9-11-28-19(29)17-13-5-6-14(12-13)18(17)20(28)30/h2-6,10,13-14,17-18H,7-9,11-12H2,1H3,(H2,22,23,24). The summed E-state index contributed by atoms with van der Waals surface area (Å²) in [6.45, 7) is 1.46. The number of rotatable bonds is 6. The van der Waals surface area contributed by atoms with E-state index in [1.54, 1.807) is 7.05 Å². The molecule has 2 aromatic heterocycles. The van der Waals surface area contributed by atoms with Gasteiger partial charge in [-0.3, -0.25) is 23.9 Å². The molecule has 2 bridgehead atoms. The first kappa shape index (κ1) is 18.8. The van der Waals surface area contributed by atoms with Crippen LogP contribution in [0.4, 0.5) is 0 Å². The lowest BCUT2D eigenvalue weighted by atomic mass is 9.85. The van der Waals surface area contributed by atoms with Crippen LogP contribution in [0, 0.1) is 23.7 Å². The van der Waals surface area contributed by atoms with Crippen molar-refractivity contribution in [3.05, 3.63) is 42.4 Å². The minimum atomic E-state index is -0.136. The van der Waals surface area contributed by atoms with Crippen molar-refractivity contribution in [2.45, 2.75) is 12.8 Å². The van der Waals surface area contributed by atoms with E-state index < -0.39 is 0 Å². The second-order valence-electron chi connectivity index (χ2n) is 8.05. The second kappa shape index (κ2) is 7.55. The van der Waals surface area contributed by atoms with Gasteiger partial charge in [-0.15, -0.1) is 10.2 Å². The van der Waals surface area contributed by atoms with Gasteiger partial charge in [-0.05, 0) is 30.4 Å². The maximum absolute atomic E-state index is 12.7. The Morgan fingerprint density at radius 3 is 2.57 bits per heavy atom. The molecule has 2 amide bonds. The summed E-state index contributed by atoms with van der Waals surface area (Å²) in [4.78, 5) is 31.1. The van der Waals surface area contributed by atoms with E-state index in [1.807, 2.05) is 28.8 Å². The number of aromatic nitrogens is 3. The second-order valence-corrected chi connectivity index (χ2v) is 8.05. The number of nitrogens with zero attached hydrogens (tertiary/aromatic N) is 5. The zero-order valence-electron chi connectivity index (χ0n) is 16.9. The number of hydrogen-bond donors (Lipinski definition) is 2. The minimum Gasteiger partial charge on any atom is -0.356 e. The van der Waals surface area contributed by atoms with Crippen molar-refractivity contribution in [1.82, 2.24) is 30.1 Å². The van der Waals surface area contributed by atoms with Crippen LogP contribution in [0.2, 0.25) is 0 Å². The number of guanidine groups is 1. The van der Waals surface area contributed by atoms with Crippen molar-refractivity contribution in [1.29, 1.82) is 0 Å². The molecule has 2 N–H and O–H groups in total.